The maximum atomic E-state index is 9.73. The SMILES string of the molecule is C=C[C@H](O)[C@@]12CO[C@@H](CO1)[C@@H]2OC. The van der Waals surface area contributed by atoms with E-state index in [1.165, 1.54) is 6.08 Å². The summed E-state index contributed by atoms with van der Waals surface area (Å²) in [5.74, 6) is 0. The third-order valence-corrected chi connectivity index (χ3v) is 2.84. The molecule has 0 saturated carbocycles. The summed E-state index contributed by atoms with van der Waals surface area (Å²) in [6, 6.07) is 0. The highest BCUT2D eigenvalue weighted by Gasteiger charge is 2.60. The maximum absolute atomic E-state index is 9.73. The second kappa shape index (κ2) is 3.06. The van der Waals surface area contributed by atoms with Crippen LogP contribution >= 0.6 is 0 Å². The zero-order valence-corrected chi connectivity index (χ0v) is 7.60. The summed E-state index contributed by atoms with van der Waals surface area (Å²) >= 11 is 0. The van der Waals surface area contributed by atoms with E-state index in [0.29, 0.717) is 13.2 Å². The summed E-state index contributed by atoms with van der Waals surface area (Å²) in [6.07, 6.45) is 0.508. The van der Waals surface area contributed by atoms with Crippen LogP contribution in [-0.2, 0) is 14.2 Å². The van der Waals surface area contributed by atoms with E-state index in [0.717, 1.165) is 0 Å². The maximum Gasteiger partial charge on any atom is 0.149 e. The fourth-order valence-corrected chi connectivity index (χ4v) is 2.11. The van der Waals surface area contributed by atoms with E-state index in [-0.39, 0.29) is 12.2 Å². The van der Waals surface area contributed by atoms with E-state index < -0.39 is 11.7 Å². The number of hydrogen-bond donors (Lipinski definition) is 1. The van der Waals surface area contributed by atoms with Gasteiger partial charge in [-0.3, -0.25) is 0 Å². The molecule has 4 nitrogen and oxygen atoms in total. The van der Waals surface area contributed by atoms with Gasteiger partial charge in [0.2, 0.25) is 0 Å². The summed E-state index contributed by atoms with van der Waals surface area (Å²) in [7, 11) is 1.60. The number of aliphatic hydroxyl groups excluding tert-OH is 1. The highest BCUT2D eigenvalue weighted by Crippen LogP contribution is 2.40. The quantitative estimate of drug-likeness (QED) is 0.616. The van der Waals surface area contributed by atoms with E-state index in [1.54, 1.807) is 7.11 Å². The molecule has 2 fully saturated rings. The van der Waals surface area contributed by atoms with Crippen molar-refractivity contribution in [2.24, 2.45) is 0 Å². The molecule has 0 unspecified atom stereocenters. The lowest BCUT2D eigenvalue weighted by Crippen LogP contribution is -2.50. The lowest BCUT2D eigenvalue weighted by atomic mass is 9.92. The van der Waals surface area contributed by atoms with Gasteiger partial charge < -0.3 is 19.3 Å². The van der Waals surface area contributed by atoms with Gasteiger partial charge in [0.1, 0.15) is 23.9 Å². The van der Waals surface area contributed by atoms with Crippen molar-refractivity contribution in [1.29, 1.82) is 0 Å². The van der Waals surface area contributed by atoms with Gasteiger partial charge in [-0.05, 0) is 0 Å². The van der Waals surface area contributed by atoms with Crippen molar-refractivity contribution in [2.45, 2.75) is 23.9 Å². The third kappa shape index (κ3) is 1.07. The fourth-order valence-electron chi connectivity index (χ4n) is 2.11. The van der Waals surface area contributed by atoms with Crippen LogP contribution in [-0.4, -0.2) is 49.3 Å². The number of rotatable bonds is 3. The van der Waals surface area contributed by atoms with E-state index >= 15 is 0 Å². The van der Waals surface area contributed by atoms with E-state index in [1.807, 2.05) is 0 Å². The van der Waals surface area contributed by atoms with Gasteiger partial charge in [0.05, 0.1) is 13.2 Å². The van der Waals surface area contributed by atoms with Crippen LogP contribution in [0.3, 0.4) is 0 Å². The number of methoxy groups -OCH3 is 1. The Kier molecular flexibility index (Phi) is 2.15. The number of ether oxygens (including phenoxy) is 3. The molecule has 0 spiro atoms. The molecule has 2 heterocycles. The molecule has 0 amide bonds. The summed E-state index contributed by atoms with van der Waals surface area (Å²) in [4.78, 5) is 0. The molecule has 2 rings (SSSR count). The normalized spacial score (nSPS) is 45.1. The van der Waals surface area contributed by atoms with Gasteiger partial charge in [-0.25, -0.2) is 0 Å². The molecule has 2 aliphatic heterocycles. The van der Waals surface area contributed by atoms with E-state index in [9.17, 15) is 5.11 Å². The van der Waals surface area contributed by atoms with E-state index in [2.05, 4.69) is 6.58 Å². The van der Waals surface area contributed by atoms with Crippen molar-refractivity contribution in [3.05, 3.63) is 12.7 Å². The lowest BCUT2D eigenvalue weighted by molar-refractivity contribution is -0.146. The molecule has 4 atom stereocenters. The van der Waals surface area contributed by atoms with Crippen molar-refractivity contribution >= 4 is 0 Å². The zero-order chi connectivity index (χ0) is 9.47. The Bertz CT molecular complexity index is 208. The molecule has 0 radical (unpaired) electrons. The average molecular weight is 186 g/mol. The van der Waals surface area contributed by atoms with Crippen LogP contribution in [0.25, 0.3) is 0 Å². The van der Waals surface area contributed by atoms with Crippen molar-refractivity contribution in [2.75, 3.05) is 20.3 Å². The monoisotopic (exact) mass is 186 g/mol. The van der Waals surface area contributed by atoms with Crippen LogP contribution in [0.2, 0.25) is 0 Å². The Morgan fingerprint density at radius 3 is 3.00 bits per heavy atom. The first kappa shape index (κ1) is 9.15. The number of aliphatic hydroxyl groups is 1. The summed E-state index contributed by atoms with van der Waals surface area (Å²) in [6.45, 7) is 4.41. The predicted octanol–water partition coefficient (Wildman–Crippen LogP) is -0.284. The molecule has 0 aliphatic carbocycles. The Hall–Kier alpha value is -0.420. The summed E-state index contributed by atoms with van der Waals surface area (Å²) < 4.78 is 16.2. The van der Waals surface area contributed by atoms with Crippen molar-refractivity contribution in [3.63, 3.8) is 0 Å². The topological polar surface area (TPSA) is 47.9 Å². The first-order valence-corrected chi connectivity index (χ1v) is 4.33. The zero-order valence-electron chi connectivity index (χ0n) is 7.60. The number of fused-ring (bicyclic) bond motifs is 2. The van der Waals surface area contributed by atoms with Crippen LogP contribution in [0.5, 0.6) is 0 Å². The smallest absolute Gasteiger partial charge is 0.149 e. The molecule has 74 valence electrons. The molecule has 0 aromatic carbocycles. The van der Waals surface area contributed by atoms with Gasteiger partial charge >= 0.3 is 0 Å². The van der Waals surface area contributed by atoms with Gasteiger partial charge in [0.25, 0.3) is 0 Å². The first-order chi connectivity index (χ1) is 6.24. The highest BCUT2D eigenvalue weighted by molar-refractivity contribution is 5.12. The lowest BCUT2D eigenvalue weighted by Gasteiger charge is -2.31. The highest BCUT2D eigenvalue weighted by atomic mass is 16.7. The Labute approximate surface area is 77.1 Å². The predicted molar refractivity (Wildman–Crippen MR) is 45.4 cm³/mol. The van der Waals surface area contributed by atoms with Gasteiger partial charge in [-0.2, -0.15) is 0 Å². The van der Waals surface area contributed by atoms with Gasteiger partial charge in [0.15, 0.2) is 0 Å². The third-order valence-electron chi connectivity index (χ3n) is 2.84. The largest absolute Gasteiger partial charge is 0.386 e. The minimum atomic E-state index is -0.732. The molecule has 0 aromatic heterocycles. The van der Waals surface area contributed by atoms with Crippen LogP contribution in [0, 0.1) is 0 Å². The number of hydrogen-bond acceptors (Lipinski definition) is 4. The van der Waals surface area contributed by atoms with E-state index in [4.69, 9.17) is 14.2 Å². The Balaban J connectivity index is 2.24. The molecule has 2 bridgehead atoms. The van der Waals surface area contributed by atoms with Crippen LogP contribution in [0.4, 0.5) is 0 Å². The van der Waals surface area contributed by atoms with Gasteiger partial charge in [-0.15, -0.1) is 6.58 Å². The second-order valence-corrected chi connectivity index (χ2v) is 3.45. The molecule has 2 saturated heterocycles. The second-order valence-electron chi connectivity index (χ2n) is 3.45. The Morgan fingerprint density at radius 1 is 1.77 bits per heavy atom. The molecular weight excluding hydrogens is 172 g/mol. The minimum Gasteiger partial charge on any atom is -0.386 e. The molecule has 2 aliphatic rings. The standard InChI is InChI=1S/C9H14O4/c1-3-7(10)9-5-12-6(4-13-9)8(9)11-2/h3,6-8,10H,1,4-5H2,2H3/t6-,7-,8-,9+/m0/s1. The van der Waals surface area contributed by atoms with Crippen molar-refractivity contribution in [3.8, 4) is 0 Å². The molecule has 0 aromatic rings. The van der Waals surface area contributed by atoms with Gasteiger partial charge in [-0.1, -0.05) is 6.08 Å². The van der Waals surface area contributed by atoms with Crippen LogP contribution in [0.15, 0.2) is 12.7 Å². The summed E-state index contributed by atoms with van der Waals surface area (Å²) in [5.41, 5.74) is -0.721. The van der Waals surface area contributed by atoms with Crippen molar-refractivity contribution in [1.82, 2.24) is 0 Å². The fraction of sp³-hybridized carbons (Fsp3) is 0.778. The van der Waals surface area contributed by atoms with Crippen LogP contribution in [0.1, 0.15) is 0 Å². The first-order valence-electron chi connectivity index (χ1n) is 4.33. The van der Waals surface area contributed by atoms with Crippen molar-refractivity contribution < 1.29 is 19.3 Å². The Morgan fingerprint density at radius 2 is 2.54 bits per heavy atom. The average Bonchev–Trinajstić information content (AvgIpc) is 2.71. The minimum absolute atomic E-state index is 0.0420. The molecule has 13 heavy (non-hydrogen) atoms. The van der Waals surface area contributed by atoms with Gasteiger partial charge in [0, 0.05) is 7.11 Å². The summed E-state index contributed by atoms with van der Waals surface area (Å²) in [5, 5.41) is 9.73. The molecular formula is C9H14O4. The van der Waals surface area contributed by atoms with Crippen LogP contribution < -0.4 is 0 Å². The molecule has 4 heteroatoms. The molecule has 1 N–H and O–H groups in total.